The number of amides is 1. The predicted octanol–water partition coefficient (Wildman–Crippen LogP) is 3.27. The van der Waals surface area contributed by atoms with Crippen LogP contribution in [-0.2, 0) is 6.54 Å². The first kappa shape index (κ1) is 17.5. The van der Waals surface area contributed by atoms with Gasteiger partial charge in [0.2, 0.25) is 0 Å². The van der Waals surface area contributed by atoms with Crippen molar-refractivity contribution in [3.8, 4) is 5.75 Å². The average molecular weight is 338 g/mol. The largest absolute Gasteiger partial charge is 0.497 e. The van der Waals surface area contributed by atoms with Gasteiger partial charge in [0, 0.05) is 38.3 Å². The van der Waals surface area contributed by atoms with Crippen LogP contribution in [0.1, 0.15) is 27.0 Å². The molecule has 2 aromatic rings. The fourth-order valence-corrected chi connectivity index (χ4v) is 3.20. The molecule has 2 aromatic carbocycles. The maximum absolute atomic E-state index is 12.7. The van der Waals surface area contributed by atoms with Gasteiger partial charge in [-0.1, -0.05) is 18.2 Å². The third-order valence-electron chi connectivity index (χ3n) is 4.95. The summed E-state index contributed by atoms with van der Waals surface area (Å²) in [5.41, 5.74) is 4.43. The second kappa shape index (κ2) is 7.70. The van der Waals surface area contributed by atoms with Crippen molar-refractivity contribution in [2.45, 2.75) is 20.4 Å². The van der Waals surface area contributed by atoms with E-state index in [-0.39, 0.29) is 5.91 Å². The van der Waals surface area contributed by atoms with Gasteiger partial charge in [-0.25, -0.2) is 0 Å². The number of ether oxygens (including phenoxy) is 1. The zero-order valence-electron chi connectivity index (χ0n) is 15.3. The van der Waals surface area contributed by atoms with E-state index >= 15 is 0 Å². The third-order valence-corrected chi connectivity index (χ3v) is 4.95. The smallest absolute Gasteiger partial charge is 0.253 e. The molecule has 0 bridgehead atoms. The van der Waals surface area contributed by atoms with Crippen molar-refractivity contribution in [3.05, 3.63) is 64.7 Å². The van der Waals surface area contributed by atoms with Crippen LogP contribution in [0, 0.1) is 13.8 Å². The minimum absolute atomic E-state index is 0.143. The number of methoxy groups -OCH3 is 1. The summed E-state index contributed by atoms with van der Waals surface area (Å²) in [6.07, 6.45) is 0. The van der Waals surface area contributed by atoms with E-state index in [4.69, 9.17) is 4.74 Å². The summed E-state index contributed by atoms with van der Waals surface area (Å²) in [6, 6.07) is 14.1. The normalized spacial score (nSPS) is 15.2. The maximum Gasteiger partial charge on any atom is 0.253 e. The number of aryl methyl sites for hydroxylation is 2. The van der Waals surface area contributed by atoms with Crippen LogP contribution in [-0.4, -0.2) is 49.0 Å². The molecule has 0 aliphatic carbocycles. The van der Waals surface area contributed by atoms with E-state index < -0.39 is 0 Å². The number of carbonyl (C=O) groups is 1. The lowest BCUT2D eigenvalue weighted by Gasteiger charge is -2.35. The molecule has 1 aliphatic rings. The molecule has 1 aliphatic heterocycles. The van der Waals surface area contributed by atoms with Crippen LogP contribution in [0.3, 0.4) is 0 Å². The van der Waals surface area contributed by atoms with E-state index in [1.165, 1.54) is 16.7 Å². The van der Waals surface area contributed by atoms with Crippen molar-refractivity contribution in [2.75, 3.05) is 33.3 Å². The molecule has 132 valence electrons. The van der Waals surface area contributed by atoms with Crippen LogP contribution >= 0.6 is 0 Å². The fraction of sp³-hybridized carbons (Fsp3) is 0.381. The van der Waals surface area contributed by atoms with Crippen molar-refractivity contribution in [3.63, 3.8) is 0 Å². The molecule has 0 saturated carbocycles. The van der Waals surface area contributed by atoms with Gasteiger partial charge in [-0.05, 0) is 54.8 Å². The quantitative estimate of drug-likeness (QED) is 0.858. The van der Waals surface area contributed by atoms with Gasteiger partial charge in [-0.3, -0.25) is 9.69 Å². The lowest BCUT2D eigenvalue weighted by molar-refractivity contribution is 0.0628. The average Bonchev–Trinajstić information content (AvgIpc) is 2.64. The van der Waals surface area contributed by atoms with E-state index in [0.29, 0.717) is 0 Å². The van der Waals surface area contributed by atoms with Crippen LogP contribution in [0.2, 0.25) is 0 Å². The minimum atomic E-state index is 0.143. The molecule has 25 heavy (non-hydrogen) atoms. The lowest BCUT2D eigenvalue weighted by atomic mass is 10.1. The molecule has 0 atom stereocenters. The van der Waals surface area contributed by atoms with Crippen molar-refractivity contribution in [2.24, 2.45) is 0 Å². The Morgan fingerprint density at radius 1 is 1.00 bits per heavy atom. The van der Waals surface area contributed by atoms with Crippen LogP contribution in [0.4, 0.5) is 0 Å². The molecule has 4 heteroatoms. The number of carbonyl (C=O) groups excluding carboxylic acids is 1. The Balaban J connectivity index is 1.57. The minimum Gasteiger partial charge on any atom is -0.497 e. The van der Waals surface area contributed by atoms with Crippen LogP contribution in [0.25, 0.3) is 0 Å². The molecule has 3 rings (SSSR count). The molecule has 0 spiro atoms. The SMILES string of the molecule is COc1cccc(CN2CCN(C(=O)c3ccc(C)c(C)c3)CC2)c1. The molecular weight excluding hydrogens is 312 g/mol. The monoisotopic (exact) mass is 338 g/mol. The first-order chi connectivity index (χ1) is 12.1. The summed E-state index contributed by atoms with van der Waals surface area (Å²) in [5.74, 6) is 1.03. The maximum atomic E-state index is 12.7. The van der Waals surface area contributed by atoms with Gasteiger partial charge < -0.3 is 9.64 Å². The molecule has 4 nitrogen and oxygen atoms in total. The van der Waals surface area contributed by atoms with Crippen molar-refractivity contribution in [1.82, 2.24) is 9.80 Å². The number of rotatable bonds is 4. The first-order valence-electron chi connectivity index (χ1n) is 8.78. The van der Waals surface area contributed by atoms with Gasteiger partial charge in [0.05, 0.1) is 7.11 Å². The molecule has 0 aromatic heterocycles. The Morgan fingerprint density at radius 2 is 1.76 bits per heavy atom. The summed E-state index contributed by atoms with van der Waals surface area (Å²) in [5, 5.41) is 0. The van der Waals surface area contributed by atoms with E-state index in [2.05, 4.69) is 30.9 Å². The predicted molar refractivity (Wildman–Crippen MR) is 100 cm³/mol. The summed E-state index contributed by atoms with van der Waals surface area (Å²) in [7, 11) is 1.69. The second-order valence-electron chi connectivity index (χ2n) is 6.72. The van der Waals surface area contributed by atoms with Crippen LogP contribution in [0.15, 0.2) is 42.5 Å². The molecule has 1 fully saturated rings. The van der Waals surface area contributed by atoms with Gasteiger partial charge in [0.1, 0.15) is 5.75 Å². The highest BCUT2D eigenvalue weighted by Gasteiger charge is 2.22. The zero-order chi connectivity index (χ0) is 17.8. The number of nitrogens with zero attached hydrogens (tertiary/aromatic N) is 2. The van der Waals surface area contributed by atoms with Crippen LogP contribution < -0.4 is 4.74 Å². The molecule has 0 N–H and O–H groups in total. The highest BCUT2D eigenvalue weighted by atomic mass is 16.5. The number of hydrogen-bond donors (Lipinski definition) is 0. The standard InChI is InChI=1S/C21H26N2O2/c1-16-7-8-19(13-17(16)2)21(24)23-11-9-22(10-12-23)15-18-5-4-6-20(14-18)25-3/h4-8,13-14H,9-12,15H2,1-3H3. The first-order valence-corrected chi connectivity index (χ1v) is 8.78. The van der Waals surface area contributed by atoms with E-state index in [9.17, 15) is 4.79 Å². The summed E-state index contributed by atoms with van der Waals surface area (Å²) < 4.78 is 5.29. The fourth-order valence-electron chi connectivity index (χ4n) is 3.20. The van der Waals surface area contributed by atoms with Crippen molar-refractivity contribution >= 4 is 5.91 Å². The number of benzene rings is 2. The van der Waals surface area contributed by atoms with Crippen molar-refractivity contribution < 1.29 is 9.53 Å². The molecule has 1 saturated heterocycles. The Labute approximate surface area is 150 Å². The highest BCUT2D eigenvalue weighted by molar-refractivity contribution is 5.94. The Bertz CT molecular complexity index is 749. The van der Waals surface area contributed by atoms with E-state index in [1.807, 2.05) is 35.2 Å². The van der Waals surface area contributed by atoms with Gasteiger partial charge in [-0.2, -0.15) is 0 Å². The van der Waals surface area contributed by atoms with Crippen molar-refractivity contribution in [1.29, 1.82) is 0 Å². The molecular formula is C21H26N2O2. The van der Waals surface area contributed by atoms with E-state index in [1.54, 1.807) is 7.11 Å². The Hall–Kier alpha value is -2.33. The van der Waals surface area contributed by atoms with E-state index in [0.717, 1.165) is 44.0 Å². The summed E-state index contributed by atoms with van der Waals surface area (Å²) in [6.45, 7) is 8.36. The summed E-state index contributed by atoms with van der Waals surface area (Å²) in [4.78, 5) is 17.1. The number of hydrogen-bond acceptors (Lipinski definition) is 3. The zero-order valence-corrected chi connectivity index (χ0v) is 15.3. The Kier molecular flexibility index (Phi) is 5.39. The van der Waals surface area contributed by atoms with Gasteiger partial charge in [-0.15, -0.1) is 0 Å². The molecule has 1 amide bonds. The molecule has 0 unspecified atom stereocenters. The van der Waals surface area contributed by atoms with Gasteiger partial charge >= 0.3 is 0 Å². The highest BCUT2D eigenvalue weighted by Crippen LogP contribution is 2.17. The number of piperazine rings is 1. The topological polar surface area (TPSA) is 32.8 Å². The third kappa shape index (κ3) is 4.20. The van der Waals surface area contributed by atoms with Gasteiger partial charge in [0.15, 0.2) is 0 Å². The second-order valence-corrected chi connectivity index (χ2v) is 6.72. The summed E-state index contributed by atoms with van der Waals surface area (Å²) >= 11 is 0. The molecule has 0 radical (unpaired) electrons. The Morgan fingerprint density at radius 3 is 2.44 bits per heavy atom. The van der Waals surface area contributed by atoms with Crippen LogP contribution in [0.5, 0.6) is 5.75 Å². The molecule has 1 heterocycles. The van der Waals surface area contributed by atoms with Gasteiger partial charge in [0.25, 0.3) is 5.91 Å². The lowest BCUT2D eigenvalue weighted by Crippen LogP contribution is -2.48.